The van der Waals surface area contributed by atoms with Gasteiger partial charge in [-0.05, 0) is 112 Å². The number of amides is 2. The number of carbonyl (C=O) groups excluding carboxylic acids is 2. The Bertz CT molecular complexity index is 2820. The van der Waals surface area contributed by atoms with E-state index in [4.69, 9.17) is 16.6 Å². The van der Waals surface area contributed by atoms with E-state index in [1.165, 1.54) is 4.57 Å². The van der Waals surface area contributed by atoms with E-state index in [9.17, 15) is 27.6 Å². The van der Waals surface area contributed by atoms with E-state index in [0.29, 0.717) is 51.8 Å². The maximum absolute atomic E-state index is 13.4. The Balaban J connectivity index is 0.712. The number of nitrogens with zero attached hydrogens (tertiary/aromatic N) is 8. The van der Waals surface area contributed by atoms with E-state index in [-0.39, 0.29) is 40.4 Å². The van der Waals surface area contributed by atoms with Crippen LogP contribution < -0.4 is 26.8 Å². The number of imide groups is 1. The lowest BCUT2D eigenvalue weighted by Gasteiger charge is -2.39. The summed E-state index contributed by atoms with van der Waals surface area (Å²) in [7, 11) is -1.74. The number of hydrogen-bond donors (Lipinski definition) is 2. The number of fused-ring (bicyclic) bond motifs is 2. The molecule has 9 rings (SSSR count). The molecular formula is C46H57ClN10O6S. The molecule has 0 spiro atoms. The molecule has 3 saturated heterocycles. The molecule has 1 unspecified atom stereocenters. The van der Waals surface area contributed by atoms with Crippen LogP contribution in [0.5, 0.6) is 0 Å². The Kier molecular flexibility index (Phi) is 12.7. The van der Waals surface area contributed by atoms with Crippen LogP contribution in [0, 0.1) is 12.8 Å². The number of benzene rings is 2. The van der Waals surface area contributed by atoms with Gasteiger partial charge in [-0.25, -0.2) is 18.2 Å². The second-order valence-corrected chi connectivity index (χ2v) is 20.6. The summed E-state index contributed by atoms with van der Waals surface area (Å²) in [6.45, 7) is 9.64. The van der Waals surface area contributed by atoms with Gasteiger partial charge in [-0.2, -0.15) is 4.98 Å². The smallest absolute Gasteiger partial charge is 0.329 e. The molecule has 64 heavy (non-hydrogen) atoms. The first-order chi connectivity index (χ1) is 30.8. The average Bonchev–Trinajstić information content (AvgIpc) is 3.90. The largest absolute Gasteiger partial charge is 0.371 e. The zero-order valence-electron chi connectivity index (χ0n) is 36.6. The van der Waals surface area contributed by atoms with Gasteiger partial charge in [0.25, 0.3) is 5.56 Å². The quantitative estimate of drug-likeness (QED) is 0.115. The van der Waals surface area contributed by atoms with E-state index in [1.54, 1.807) is 46.6 Å². The van der Waals surface area contributed by atoms with Crippen LogP contribution in [-0.2, 0) is 26.5 Å². The van der Waals surface area contributed by atoms with E-state index in [0.717, 1.165) is 114 Å². The van der Waals surface area contributed by atoms with Gasteiger partial charge in [-0.3, -0.25) is 33.4 Å². The van der Waals surface area contributed by atoms with E-state index in [2.05, 4.69) is 30.3 Å². The van der Waals surface area contributed by atoms with Crippen molar-refractivity contribution < 1.29 is 18.0 Å². The van der Waals surface area contributed by atoms with Crippen LogP contribution in [0.25, 0.3) is 22.1 Å². The van der Waals surface area contributed by atoms with E-state index >= 15 is 0 Å². The van der Waals surface area contributed by atoms with Crippen molar-refractivity contribution in [2.45, 2.75) is 88.1 Å². The van der Waals surface area contributed by atoms with Gasteiger partial charge in [0.15, 0.2) is 9.84 Å². The van der Waals surface area contributed by atoms with Crippen LogP contribution in [-0.4, -0.2) is 112 Å². The van der Waals surface area contributed by atoms with Gasteiger partial charge in [-0.1, -0.05) is 24.4 Å². The summed E-state index contributed by atoms with van der Waals surface area (Å²) in [6.07, 6.45) is 9.68. The number of nitrogens with one attached hydrogen (secondary N) is 2. The maximum atomic E-state index is 13.4. The predicted octanol–water partition coefficient (Wildman–Crippen LogP) is 5.33. The lowest BCUT2D eigenvalue weighted by Crippen LogP contribution is -2.49. The third-order valence-electron chi connectivity index (χ3n) is 13.9. The van der Waals surface area contributed by atoms with Crippen molar-refractivity contribution in [3.05, 3.63) is 80.1 Å². The van der Waals surface area contributed by atoms with Crippen LogP contribution in [0.4, 0.5) is 17.3 Å². The van der Waals surface area contributed by atoms with Crippen molar-refractivity contribution in [1.82, 2.24) is 38.8 Å². The number of pyridine rings is 1. The Labute approximate surface area is 377 Å². The van der Waals surface area contributed by atoms with Gasteiger partial charge >= 0.3 is 5.69 Å². The van der Waals surface area contributed by atoms with Crippen LogP contribution >= 0.6 is 11.6 Å². The highest BCUT2D eigenvalue weighted by Crippen LogP contribution is 2.33. The van der Waals surface area contributed by atoms with Gasteiger partial charge in [-0.15, -0.1) is 0 Å². The van der Waals surface area contributed by atoms with Gasteiger partial charge < -0.3 is 20.0 Å². The molecule has 1 atom stereocenters. The number of sulfone groups is 1. The van der Waals surface area contributed by atoms with Crippen molar-refractivity contribution in [3.8, 4) is 0 Å². The van der Waals surface area contributed by atoms with Gasteiger partial charge in [0.1, 0.15) is 16.7 Å². The van der Waals surface area contributed by atoms with Gasteiger partial charge in [0.2, 0.25) is 17.8 Å². The Hall–Kier alpha value is -5.10. The summed E-state index contributed by atoms with van der Waals surface area (Å²) in [5.41, 5.74) is 4.03. The maximum Gasteiger partial charge on any atom is 0.329 e. The summed E-state index contributed by atoms with van der Waals surface area (Å²) < 4.78 is 31.7. The van der Waals surface area contributed by atoms with Crippen LogP contribution in [0.2, 0.25) is 5.02 Å². The van der Waals surface area contributed by atoms with Crippen molar-refractivity contribution in [2.24, 2.45) is 13.0 Å². The zero-order valence-corrected chi connectivity index (χ0v) is 38.2. The summed E-state index contributed by atoms with van der Waals surface area (Å²) in [5, 5.41) is 6.46. The fourth-order valence-electron chi connectivity index (χ4n) is 10.2. The molecule has 16 nitrogen and oxygen atoms in total. The van der Waals surface area contributed by atoms with Gasteiger partial charge in [0, 0.05) is 88.3 Å². The second kappa shape index (κ2) is 18.4. The molecule has 2 N–H and O–H groups in total. The predicted molar refractivity (Wildman–Crippen MR) is 248 cm³/mol. The molecule has 1 aliphatic carbocycles. The number of aryl methyl sites for hydroxylation is 2. The highest BCUT2D eigenvalue weighted by molar-refractivity contribution is 7.91. The van der Waals surface area contributed by atoms with Crippen LogP contribution in [0.3, 0.4) is 0 Å². The third-order valence-corrected chi connectivity index (χ3v) is 16.0. The number of imidazole rings is 1. The first-order valence-corrected chi connectivity index (χ1v) is 24.8. The minimum atomic E-state index is -3.47. The minimum Gasteiger partial charge on any atom is -0.371 e. The monoisotopic (exact) mass is 912 g/mol. The number of rotatable bonds is 13. The van der Waals surface area contributed by atoms with E-state index < -0.39 is 21.8 Å². The minimum absolute atomic E-state index is 0.0508. The fraction of sp³-hybridized carbons (Fsp3) is 0.522. The fourth-order valence-corrected chi connectivity index (χ4v) is 11.9. The van der Waals surface area contributed by atoms with Crippen molar-refractivity contribution in [2.75, 3.05) is 68.3 Å². The molecule has 4 fully saturated rings. The molecular weight excluding hydrogens is 856 g/mol. The lowest BCUT2D eigenvalue weighted by atomic mass is 9.95. The zero-order chi connectivity index (χ0) is 44.7. The van der Waals surface area contributed by atoms with Crippen LogP contribution in [0.15, 0.2) is 63.1 Å². The summed E-state index contributed by atoms with van der Waals surface area (Å²) in [6, 6.07) is 12.1. The molecule has 3 aliphatic heterocycles. The molecule has 0 radical (unpaired) electrons. The Morgan fingerprint density at radius 1 is 0.844 bits per heavy atom. The molecule has 0 bridgehead atoms. The first-order valence-electron chi connectivity index (χ1n) is 22.8. The molecule has 18 heteroatoms. The lowest BCUT2D eigenvalue weighted by molar-refractivity contribution is -0.135. The molecule has 3 aromatic heterocycles. The van der Waals surface area contributed by atoms with Crippen LogP contribution in [0.1, 0.15) is 81.9 Å². The Morgan fingerprint density at radius 2 is 1.59 bits per heavy atom. The number of halogens is 1. The molecule has 340 valence electrons. The number of aromatic nitrogens is 5. The number of carbonyl (C=O) groups is 2. The summed E-state index contributed by atoms with van der Waals surface area (Å²) in [4.78, 5) is 67.5. The SMILES string of the molecule is Cc1cc(S(=O)(=O)CCCCN2CCN(CC3CCN(c4ccc5c(c4)n(C)c(=O)n5C4CCC(=O)NC4=O)CC3)CC2)ccc1Nc1ncc2cc(Cl)c(=O)n(C3CCCC3)c2n1. The second-order valence-electron chi connectivity index (χ2n) is 18.1. The molecule has 4 aliphatic rings. The molecule has 2 amide bonds. The van der Waals surface area contributed by atoms with Gasteiger partial charge in [0.05, 0.1) is 21.7 Å². The number of hydrogen-bond acceptors (Lipinski definition) is 12. The average molecular weight is 914 g/mol. The number of unbranched alkanes of at least 4 members (excludes halogenated alkanes) is 1. The summed E-state index contributed by atoms with van der Waals surface area (Å²) in [5.74, 6) is 0.295. The highest BCUT2D eigenvalue weighted by atomic mass is 35.5. The number of anilines is 3. The standard InChI is InChI=1S/C46H57ClN10O6S/c1-30-25-35(10-11-37(30)49-45-48-28-32-26-36(47)44(60)56(42(32)51-45)33-7-3-4-8-33)64(62,63)24-6-5-17-53-20-22-54(23-21-53)29-31-15-18-55(19-16-31)34-9-12-38-40(27-34)52(2)46(61)57(38)39-13-14-41(58)50-43(39)59/h9-12,25-28,31,33,39H,3-8,13-24,29H2,1-2H3,(H,48,49,51)(H,50,58,59). The van der Waals surface area contributed by atoms with E-state index in [1.807, 2.05) is 25.1 Å². The number of piperidine rings is 2. The van der Waals surface area contributed by atoms with Crippen molar-refractivity contribution in [1.29, 1.82) is 0 Å². The molecule has 6 heterocycles. The topological polar surface area (TPSA) is 177 Å². The molecule has 2 aromatic carbocycles. The number of piperazine rings is 1. The molecule has 5 aromatic rings. The van der Waals surface area contributed by atoms with Crippen molar-refractivity contribution >= 4 is 72.6 Å². The summed E-state index contributed by atoms with van der Waals surface area (Å²) >= 11 is 6.29. The highest BCUT2D eigenvalue weighted by Gasteiger charge is 2.32. The Morgan fingerprint density at radius 3 is 2.33 bits per heavy atom. The third kappa shape index (κ3) is 9.08. The first kappa shape index (κ1) is 44.1. The normalized spacial score (nSPS) is 19.9. The van der Waals surface area contributed by atoms with Crippen molar-refractivity contribution in [3.63, 3.8) is 0 Å². The molecule has 1 saturated carbocycles.